The first-order valence-corrected chi connectivity index (χ1v) is 14.5. The molecule has 194 valence electrons. The number of benzene rings is 3. The Kier molecular flexibility index (Phi) is 10.9. The standard InChI is InChI=1S/C27H30BrClN2O3S.ClH/c28-23-9-13-25(14-10-23)31(35(32,33)26-15-11-24(29)12-16-26)21-22-7-2-3-8-27(22)34-20-6-19-30-17-4-1-5-18-30;/h2-3,7-16H,1,4-6,17-21H2;1H. The van der Waals surface area contributed by atoms with Crippen molar-refractivity contribution in [1.29, 1.82) is 0 Å². The van der Waals surface area contributed by atoms with Gasteiger partial charge in [-0.15, -0.1) is 12.4 Å². The average molecular weight is 614 g/mol. The fourth-order valence-electron chi connectivity index (χ4n) is 4.24. The van der Waals surface area contributed by atoms with Gasteiger partial charge in [0.15, 0.2) is 0 Å². The first-order valence-electron chi connectivity index (χ1n) is 11.9. The zero-order valence-electron chi connectivity index (χ0n) is 20.0. The van der Waals surface area contributed by atoms with Gasteiger partial charge in [0.25, 0.3) is 10.0 Å². The number of nitrogens with zero attached hydrogens (tertiary/aromatic N) is 2. The van der Waals surface area contributed by atoms with Crippen molar-refractivity contribution in [3.8, 4) is 5.75 Å². The van der Waals surface area contributed by atoms with E-state index in [0.717, 1.165) is 23.0 Å². The molecule has 0 aromatic heterocycles. The molecular formula is C27H31BrCl2N2O3S. The van der Waals surface area contributed by atoms with E-state index in [4.69, 9.17) is 16.3 Å². The monoisotopic (exact) mass is 612 g/mol. The molecule has 1 saturated heterocycles. The third kappa shape index (κ3) is 7.62. The number of hydrogen-bond donors (Lipinski definition) is 0. The van der Waals surface area contributed by atoms with Gasteiger partial charge in [-0.25, -0.2) is 8.42 Å². The molecular weight excluding hydrogens is 583 g/mol. The van der Waals surface area contributed by atoms with E-state index >= 15 is 0 Å². The number of halogens is 3. The molecule has 1 fully saturated rings. The summed E-state index contributed by atoms with van der Waals surface area (Å²) in [6.45, 7) is 4.10. The van der Waals surface area contributed by atoms with Gasteiger partial charge in [-0.05, 0) is 86.9 Å². The largest absolute Gasteiger partial charge is 0.493 e. The molecule has 0 atom stereocenters. The van der Waals surface area contributed by atoms with Crippen molar-refractivity contribution in [2.75, 3.05) is 30.5 Å². The van der Waals surface area contributed by atoms with Crippen LogP contribution >= 0.6 is 39.9 Å². The van der Waals surface area contributed by atoms with Crippen LogP contribution in [0.25, 0.3) is 0 Å². The number of rotatable bonds is 10. The number of piperidine rings is 1. The van der Waals surface area contributed by atoms with Gasteiger partial charge in [0.2, 0.25) is 0 Å². The van der Waals surface area contributed by atoms with Gasteiger partial charge in [0, 0.05) is 21.6 Å². The molecule has 36 heavy (non-hydrogen) atoms. The summed E-state index contributed by atoms with van der Waals surface area (Å²) in [7, 11) is -3.84. The highest BCUT2D eigenvalue weighted by Crippen LogP contribution is 2.30. The molecule has 0 bridgehead atoms. The maximum absolute atomic E-state index is 13.7. The topological polar surface area (TPSA) is 49.9 Å². The van der Waals surface area contributed by atoms with E-state index in [1.807, 2.05) is 36.4 Å². The molecule has 3 aromatic rings. The third-order valence-electron chi connectivity index (χ3n) is 6.13. The van der Waals surface area contributed by atoms with Gasteiger partial charge < -0.3 is 9.64 Å². The smallest absolute Gasteiger partial charge is 0.264 e. The Balaban J connectivity index is 0.00000361. The van der Waals surface area contributed by atoms with Gasteiger partial charge in [-0.1, -0.05) is 52.2 Å². The quantitative estimate of drug-likeness (QED) is 0.227. The minimum atomic E-state index is -3.84. The highest BCUT2D eigenvalue weighted by Gasteiger charge is 2.26. The van der Waals surface area contributed by atoms with Crippen LogP contribution in [0.4, 0.5) is 5.69 Å². The van der Waals surface area contributed by atoms with Crippen LogP contribution in [0.15, 0.2) is 82.2 Å². The lowest BCUT2D eigenvalue weighted by Gasteiger charge is -2.27. The SMILES string of the molecule is Cl.O=S(=O)(c1ccc(Cl)cc1)N(Cc1ccccc1OCCCN1CCCCC1)c1ccc(Br)cc1. The number of likely N-dealkylation sites (tertiary alicyclic amines) is 1. The van der Waals surface area contributed by atoms with Crippen LogP contribution in [-0.2, 0) is 16.6 Å². The summed E-state index contributed by atoms with van der Waals surface area (Å²) in [5.74, 6) is 0.708. The highest BCUT2D eigenvalue weighted by molar-refractivity contribution is 9.10. The first kappa shape index (κ1) is 28.8. The Morgan fingerprint density at radius 1 is 0.917 bits per heavy atom. The second-order valence-electron chi connectivity index (χ2n) is 8.65. The Labute approximate surface area is 234 Å². The van der Waals surface area contributed by atoms with Crippen LogP contribution in [-0.4, -0.2) is 39.6 Å². The second-order valence-corrected chi connectivity index (χ2v) is 11.9. The zero-order valence-corrected chi connectivity index (χ0v) is 24.0. The van der Waals surface area contributed by atoms with E-state index in [0.29, 0.717) is 23.1 Å². The van der Waals surface area contributed by atoms with Crippen LogP contribution in [0.2, 0.25) is 5.02 Å². The molecule has 0 N–H and O–H groups in total. The predicted octanol–water partition coefficient (Wildman–Crippen LogP) is 7.17. The maximum atomic E-state index is 13.7. The van der Waals surface area contributed by atoms with Crippen molar-refractivity contribution in [2.24, 2.45) is 0 Å². The van der Waals surface area contributed by atoms with E-state index in [9.17, 15) is 8.42 Å². The summed E-state index contributed by atoms with van der Waals surface area (Å²) < 4.78 is 35.8. The molecule has 1 aliphatic heterocycles. The fraction of sp³-hybridized carbons (Fsp3) is 0.333. The normalized spacial score (nSPS) is 14.2. The molecule has 0 aliphatic carbocycles. The van der Waals surface area contributed by atoms with E-state index in [2.05, 4.69) is 20.8 Å². The van der Waals surface area contributed by atoms with E-state index in [1.165, 1.54) is 48.8 Å². The molecule has 0 amide bonds. The molecule has 0 spiro atoms. The lowest BCUT2D eigenvalue weighted by molar-refractivity contribution is 0.204. The molecule has 0 unspecified atom stereocenters. The fourth-order valence-corrected chi connectivity index (χ4v) is 6.07. The minimum Gasteiger partial charge on any atom is -0.493 e. The van der Waals surface area contributed by atoms with Crippen molar-refractivity contribution < 1.29 is 13.2 Å². The molecule has 0 saturated carbocycles. The Morgan fingerprint density at radius 3 is 2.28 bits per heavy atom. The van der Waals surface area contributed by atoms with Crippen molar-refractivity contribution in [3.05, 3.63) is 87.9 Å². The van der Waals surface area contributed by atoms with Crippen LogP contribution in [0.1, 0.15) is 31.2 Å². The summed E-state index contributed by atoms with van der Waals surface area (Å²) in [5.41, 5.74) is 1.38. The number of ether oxygens (including phenoxy) is 1. The molecule has 1 aliphatic rings. The van der Waals surface area contributed by atoms with Gasteiger partial charge in [0.1, 0.15) is 5.75 Å². The van der Waals surface area contributed by atoms with Crippen LogP contribution in [0.3, 0.4) is 0 Å². The van der Waals surface area contributed by atoms with Crippen molar-refractivity contribution in [2.45, 2.75) is 37.1 Å². The van der Waals surface area contributed by atoms with Crippen molar-refractivity contribution >= 4 is 55.6 Å². The molecule has 3 aromatic carbocycles. The predicted molar refractivity (Wildman–Crippen MR) is 153 cm³/mol. The summed E-state index contributed by atoms with van der Waals surface area (Å²) in [5, 5.41) is 0.488. The number of hydrogen-bond acceptors (Lipinski definition) is 4. The summed E-state index contributed by atoms with van der Waals surface area (Å²) >= 11 is 9.44. The number of anilines is 1. The Morgan fingerprint density at radius 2 is 1.58 bits per heavy atom. The third-order valence-corrected chi connectivity index (χ3v) is 8.70. The number of para-hydroxylation sites is 1. The summed E-state index contributed by atoms with van der Waals surface area (Å²) in [4.78, 5) is 2.68. The number of sulfonamides is 1. The highest BCUT2D eigenvalue weighted by atomic mass is 79.9. The van der Waals surface area contributed by atoms with Crippen molar-refractivity contribution in [3.63, 3.8) is 0 Å². The molecule has 9 heteroatoms. The molecule has 1 heterocycles. The van der Waals surface area contributed by atoms with Crippen LogP contribution in [0, 0.1) is 0 Å². The summed E-state index contributed by atoms with van der Waals surface area (Å²) in [6, 6.07) is 21.2. The lowest BCUT2D eigenvalue weighted by atomic mass is 10.1. The van der Waals surface area contributed by atoms with E-state index in [-0.39, 0.29) is 23.8 Å². The van der Waals surface area contributed by atoms with Gasteiger partial charge >= 0.3 is 0 Å². The van der Waals surface area contributed by atoms with E-state index in [1.54, 1.807) is 24.3 Å². The first-order chi connectivity index (χ1) is 16.9. The van der Waals surface area contributed by atoms with Crippen LogP contribution < -0.4 is 9.04 Å². The Bertz CT molecular complexity index is 1200. The van der Waals surface area contributed by atoms with Crippen LogP contribution in [0.5, 0.6) is 5.75 Å². The minimum absolute atomic E-state index is 0. The maximum Gasteiger partial charge on any atom is 0.264 e. The Hall–Kier alpha value is -1.77. The van der Waals surface area contributed by atoms with E-state index < -0.39 is 10.0 Å². The van der Waals surface area contributed by atoms with Crippen molar-refractivity contribution in [1.82, 2.24) is 4.90 Å². The van der Waals surface area contributed by atoms with Gasteiger partial charge in [-0.2, -0.15) is 0 Å². The zero-order chi connectivity index (χ0) is 24.7. The molecule has 0 radical (unpaired) electrons. The van der Waals surface area contributed by atoms with Gasteiger partial charge in [0.05, 0.1) is 23.7 Å². The van der Waals surface area contributed by atoms with Gasteiger partial charge in [-0.3, -0.25) is 4.31 Å². The average Bonchev–Trinajstić information content (AvgIpc) is 2.87. The summed E-state index contributed by atoms with van der Waals surface area (Å²) in [6.07, 6.45) is 4.82. The second kappa shape index (κ2) is 13.7. The molecule has 5 nitrogen and oxygen atoms in total. The lowest BCUT2D eigenvalue weighted by Crippen LogP contribution is -2.31. The molecule has 4 rings (SSSR count).